The molecule has 2 aromatic rings. The number of nitrogens with one attached hydrogen (secondary N) is 2. The van der Waals surface area contributed by atoms with Crippen molar-refractivity contribution in [2.75, 3.05) is 6.61 Å². The molecule has 0 aliphatic carbocycles. The number of rotatable bonds is 6. The van der Waals surface area contributed by atoms with Gasteiger partial charge in [-0.1, -0.05) is 0 Å². The lowest BCUT2D eigenvalue weighted by molar-refractivity contribution is -0.124. The van der Waals surface area contributed by atoms with Crippen molar-refractivity contribution in [3.63, 3.8) is 0 Å². The molecule has 0 aliphatic rings. The number of hydrogen-bond acceptors (Lipinski definition) is 5. The number of H-pyrrole nitrogens is 1. The van der Waals surface area contributed by atoms with Crippen molar-refractivity contribution in [2.45, 2.75) is 27.3 Å². The Morgan fingerprint density at radius 1 is 1.30 bits per heavy atom. The zero-order valence-corrected chi connectivity index (χ0v) is 13.2. The summed E-state index contributed by atoms with van der Waals surface area (Å²) in [5.41, 5.74) is 1.78. The van der Waals surface area contributed by atoms with Crippen molar-refractivity contribution >= 4 is 17.7 Å². The van der Waals surface area contributed by atoms with Gasteiger partial charge in [-0.15, -0.1) is 0 Å². The molecule has 2 aromatic heterocycles. The molecule has 7 heteroatoms. The quantitative estimate of drug-likeness (QED) is 0.625. The van der Waals surface area contributed by atoms with E-state index in [9.17, 15) is 14.4 Å². The van der Waals surface area contributed by atoms with Crippen LogP contribution in [-0.4, -0.2) is 29.3 Å². The number of carbonyl (C=O) groups excluding carboxylic acids is 3. The Labute approximate surface area is 133 Å². The first-order valence-electron chi connectivity index (χ1n) is 7.06. The maximum atomic E-state index is 12.0. The molecule has 122 valence electrons. The first kappa shape index (κ1) is 16.5. The average Bonchev–Trinajstić information content (AvgIpc) is 3.10. The maximum absolute atomic E-state index is 12.0. The highest BCUT2D eigenvalue weighted by atomic mass is 16.5. The molecule has 2 rings (SSSR count). The summed E-state index contributed by atoms with van der Waals surface area (Å²) in [4.78, 5) is 38.0. The highest BCUT2D eigenvalue weighted by Gasteiger charge is 2.21. The van der Waals surface area contributed by atoms with Crippen LogP contribution in [0.4, 0.5) is 0 Å². The number of aryl methyl sites for hydroxylation is 1. The number of hydrogen-bond donors (Lipinski definition) is 2. The summed E-state index contributed by atoms with van der Waals surface area (Å²) in [6, 6.07) is 3.44. The van der Waals surface area contributed by atoms with Crippen molar-refractivity contribution in [1.29, 1.82) is 0 Å². The van der Waals surface area contributed by atoms with E-state index in [1.54, 1.807) is 26.0 Å². The van der Waals surface area contributed by atoms with Gasteiger partial charge in [-0.3, -0.25) is 9.59 Å². The summed E-state index contributed by atoms with van der Waals surface area (Å²) < 4.78 is 10.0. The lowest BCUT2D eigenvalue weighted by atomic mass is 10.1. The minimum absolute atomic E-state index is 0.133. The Balaban J connectivity index is 1.91. The van der Waals surface area contributed by atoms with Crippen LogP contribution in [0.15, 0.2) is 22.8 Å². The number of ether oxygens (including phenoxy) is 1. The number of aromatic amines is 1. The first-order chi connectivity index (χ1) is 10.9. The van der Waals surface area contributed by atoms with E-state index in [2.05, 4.69) is 10.3 Å². The van der Waals surface area contributed by atoms with Gasteiger partial charge in [-0.05, 0) is 38.5 Å². The largest absolute Gasteiger partial charge is 0.467 e. The predicted molar refractivity (Wildman–Crippen MR) is 81.1 cm³/mol. The number of amides is 1. The summed E-state index contributed by atoms with van der Waals surface area (Å²) in [6.07, 6.45) is 1.50. The van der Waals surface area contributed by atoms with Crippen LogP contribution in [0.3, 0.4) is 0 Å². The monoisotopic (exact) mass is 318 g/mol. The number of aromatic nitrogens is 1. The molecule has 7 nitrogen and oxygen atoms in total. The van der Waals surface area contributed by atoms with E-state index < -0.39 is 18.5 Å². The lowest BCUT2D eigenvalue weighted by Crippen LogP contribution is -2.28. The van der Waals surface area contributed by atoms with Crippen LogP contribution in [0, 0.1) is 13.8 Å². The van der Waals surface area contributed by atoms with Gasteiger partial charge in [0.2, 0.25) is 0 Å². The Bertz CT molecular complexity index is 728. The van der Waals surface area contributed by atoms with Gasteiger partial charge in [0.05, 0.1) is 12.8 Å². The number of ketones is 1. The van der Waals surface area contributed by atoms with Crippen molar-refractivity contribution < 1.29 is 23.5 Å². The topological polar surface area (TPSA) is 101 Å². The second kappa shape index (κ2) is 6.95. The van der Waals surface area contributed by atoms with Crippen molar-refractivity contribution in [3.05, 3.63) is 46.7 Å². The van der Waals surface area contributed by atoms with E-state index >= 15 is 0 Å². The number of Topliss-reactive ketones (excluding diaryl/α,β-unsaturated/α-hetero) is 1. The maximum Gasteiger partial charge on any atom is 0.355 e. The third-order valence-corrected chi connectivity index (χ3v) is 3.37. The summed E-state index contributed by atoms with van der Waals surface area (Å²) in [5, 5.41) is 2.57. The molecule has 0 atom stereocenters. The van der Waals surface area contributed by atoms with E-state index in [4.69, 9.17) is 9.15 Å². The molecule has 2 heterocycles. The van der Waals surface area contributed by atoms with Crippen LogP contribution in [-0.2, 0) is 16.1 Å². The molecule has 0 saturated carbocycles. The van der Waals surface area contributed by atoms with Gasteiger partial charge in [-0.2, -0.15) is 0 Å². The fourth-order valence-electron chi connectivity index (χ4n) is 2.34. The van der Waals surface area contributed by atoms with Crippen LogP contribution in [0.25, 0.3) is 0 Å². The van der Waals surface area contributed by atoms with Crippen molar-refractivity contribution in [2.24, 2.45) is 0 Å². The van der Waals surface area contributed by atoms with Crippen LogP contribution < -0.4 is 5.32 Å². The molecule has 23 heavy (non-hydrogen) atoms. The molecular weight excluding hydrogens is 300 g/mol. The number of furan rings is 1. The number of carbonyl (C=O) groups is 3. The minimum atomic E-state index is -0.675. The number of esters is 1. The molecule has 0 bridgehead atoms. The molecule has 1 amide bonds. The molecule has 0 radical (unpaired) electrons. The SMILES string of the molecule is CC(=O)c1c(C)[nH]c(C(=O)OCC(=O)NCc2ccco2)c1C. The molecule has 0 fully saturated rings. The third kappa shape index (κ3) is 3.88. The minimum Gasteiger partial charge on any atom is -0.467 e. The summed E-state index contributed by atoms with van der Waals surface area (Å²) in [6.45, 7) is 4.61. The Hall–Kier alpha value is -2.83. The normalized spacial score (nSPS) is 10.4. The first-order valence-corrected chi connectivity index (χ1v) is 7.06. The van der Waals surface area contributed by atoms with Gasteiger partial charge in [0.15, 0.2) is 12.4 Å². The predicted octanol–water partition coefficient (Wildman–Crippen LogP) is 1.90. The van der Waals surface area contributed by atoms with Gasteiger partial charge in [0.1, 0.15) is 11.5 Å². The van der Waals surface area contributed by atoms with Crippen molar-refractivity contribution in [1.82, 2.24) is 10.3 Å². The molecule has 0 aliphatic heterocycles. The highest BCUT2D eigenvalue weighted by molar-refractivity contribution is 6.01. The molecular formula is C16H18N2O5. The summed E-state index contributed by atoms with van der Waals surface area (Å²) in [7, 11) is 0. The van der Waals surface area contributed by atoms with E-state index in [0.29, 0.717) is 22.6 Å². The third-order valence-electron chi connectivity index (χ3n) is 3.37. The van der Waals surface area contributed by atoms with E-state index in [-0.39, 0.29) is 18.0 Å². The fraction of sp³-hybridized carbons (Fsp3) is 0.312. The molecule has 0 spiro atoms. The van der Waals surface area contributed by atoms with Gasteiger partial charge in [0.25, 0.3) is 5.91 Å². The Morgan fingerprint density at radius 2 is 2.04 bits per heavy atom. The van der Waals surface area contributed by atoms with Crippen LogP contribution in [0.2, 0.25) is 0 Å². The zero-order valence-electron chi connectivity index (χ0n) is 13.2. The molecule has 2 N–H and O–H groups in total. The standard InChI is InChI=1S/C16H18N2O5/c1-9-14(11(3)19)10(2)18-15(9)16(21)23-8-13(20)17-7-12-5-4-6-22-12/h4-6,18H,7-8H2,1-3H3,(H,17,20). The lowest BCUT2D eigenvalue weighted by Gasteiger charge is -2.05. The molecule has 0 unspecified atom stereocenters. The van der Waals surface area contributed by atoms with E-state index in [1.165, 1.54) is 13.2 Å². The zero-order chi connectivity index (χ0) is 17.0. The smallest absolute Gasteiger partial charge is 0.355 e. The van der Waals surface area contributed by atoms with Gasteiger partial charge < -0.3 is 19.5 Å². The highest BCUT2D eigenvalue weighted by Crippen LogP contribution is 2.19. The average molecular weight is 318 g/mol. The van der Waals surface area contributed by atoms with Gasteiger partial charge in [-0.25, -0.2) is 4.79 Å². The fourth-order valence-corrected chi connectivity index (χ4v) is 2.34. The second-order valence-corrected chi connectivity index (χ2v) is 5.11. The van der Waals surface area contributed by atoms with Crippen molar-refractivity contribution in [3.8, 4) is 0 Å². The summed E-state index contributed by atoms with van der Waals surface area (Å²) >= 11 is 0. The van der Waals surface area contributed by atoms with Crippen LogP contribution >= 0.6 is 0 Å². The second-order valence-electron chi connectivity index (χ2n) is 5.11. The van der Waals surface area contributed by atoms with Crippen LogP contribution in [0.5, 0.6) is 0 Å². The Kier molecular flexibility index (Phi) is 5.00. The Morgan fingerprint density at radius 3 is 2.61 bits per heavy atom. The van der Waals surface area contributed by atoms with E-state index in [0.717, 1.165) is 0 Å². The van der Waals surface area contributed by atoms with Gasteiger partial charge in [0, 0.05) is 11.3 Å². The van der Waals surface area contributed by atoms with E-state index in [1.807, 2.05) is 0 Å². The molecule has 0 aromatic carbocycles. The van der Waals surface area contributed by atoms with Gasteiger partial charge >= 0.3 is 5.97 Å². The summed E-state index contributed by atoms with van der Waals surface area (Å²) in [5.74, 6) is -0.646. The molecule has 0 saturated heterocycles. The van der Waals surface area contributed by atoms with Crippen LogP contribution in [0.1, 0.15) is 44.8 Å².